The summed E-state index contributed by atoms with van der Waals surface area (Å²) in [4.78, 5) is 13.8. The first-order valence-corrected chi connectivity index (χ1v) is 6.18. The molecule has 2 fully saturated rings. The third-order valence-electron chi connectivity index (χ3n) is 3.31. The Balaban J connectivity index is 1.90. The number of rotatable bonds is 0. The van der Waals surface area contributed by atoms with E-state index in [1.54, 1.807) is 0 Å². The molecule has 1 amide bonds. The molecule has 0 aromatic rings. The number of hydrogen-bond donors (Lipinski definition) is 1. The van der Waals surface area contributed by atoms with Gasteiger partial charge < -0.3 is 15.0 Å². The molecular weight excluding hydrogens is 204 g/mol. The average Bonchev–Trinajstić information content (AvgIpc) is 2.25. The van der Waals surface area contributed by atoms with Gasteiger partial charge >= 0.3 is 6.09 Å². The van der Waals surface area contributed by atoms with E-state index in [-0.39, 0.29) is 11.7 Å². The molecule has 2 atom stereocenters. The van der Waals surface area contributed by atoms with Crippen LogP contribution in [-0.4, -0.2) is 42.3 Å². The predicted octanol–water partition coefficient (Wildman–Crippen LogP) is 1.61. The molecule has 2 saturated heterocycles. The lowest BCUT2D eigenvalue weighted by molar-refractivity contribution is -0.0305. The van der Waals surface area contributed by atoms with E-state index in [1.807, 2.05) is 25.7 Å². The SMILES string of the molecule is CC(C)(C)OC(=O)N1CC2CCNCCC21. The molecule has 4 heteroatoms. The van der Waals surface area contributed by atoms with Crippen LogP contribution in [-0.2, 0) is 4.74 Å². The summed E-state index contributed by atoms with van der Waals surface area (Å²) in [5.74, 6) is 0.683. The summed E-state index contributed by atoms with van der Waals surface area (Å²) in [6.07, 6.45) is 2.10. The number of carbonyl (C=O) groups excluding carboxylic acids is 1. The number of carbonyl (C=O) groups is 1. The molecule has 0 spiro atoms. The van der Waals surface area contributed by atoms with E-state index >= 15 is 0 Å². The van der Waals surface area contributed by atoms with Gasteiger partial charge in [-0.3, -0.25) is 0 Å². The Kier molecular flexibility index (Phi) is 3.10. The maximum atomic E-state index is 11.9. The van der Waals surface area contributed by atoms with Gasteiger partial charge in [0.1, 0.15) is 5.60 Å². The van der Waals surface area contributed by atoms with Crippen molar-refractivity contribution in [2.75, 3.05) is 19.6 Å². The fourth-order valence-corrected chi connectivity index (χ4v) is 2.49. The molecule has 0 aromatic heterocycles. The number of nitrogens with one attached hydrogen (secondary N) is 1. The summed E-state index contributed by atoms with van der Waals surface area (Å²) in [7, 11) is 0. The number of hydrogen-bond acceptors (Lipinski definition) is 3. The van der Waals surface area contributed by atoms with Gasteiger partial charge in [-0.05, 0) is 52.6 Å². The molecule has 0 radical (unpaired) electrons. The van der Waals surface area contributed by atoms with Crippen LogP contribution in [0.1, 0.15) is 33.6 Å². The van der Waals surface area contributed by atoms with Crippen molar-refractivity contribution in [3.63, 3.8) is 0 Å². The molecule has 0 saturated carbocycles. The second-order valence-electron chi connectivity index (χ2n) is 5.79. The number of fused-ring (bicyclic) bond motifs is 1. The van der Waals surface area contributed by atoms with Gasteiger partial charge in [0.15, 0.2) is 0 Å². The Labute approximate surface area is 97.3 Å². The standard InChI is InChI=1S/C12H22N2O2/c1-12(2,3)16-11(15)14-8-9-4-6-13-7-5-10(9)14/h9-10,13H,4-8H2,1-3H3. The summed E-state index contributed by atoms with van der Waals surface area (Å²) in [6, 6.07) is 0.407. The zero-order valence-electron chi connectivity index (χ0n) is 10.5. The van der Waals surface area contributed by atoms with Gasteiger partial charge in [0.2, 0.25) is 0 Å². The molecule has 1 N–H and O–H groups in total. The summed E-state index contributed by atoms with van der Waals surface area (Å²) in [6.45, 7) is 8.72. The maximum absolute atomic E-state index is 11.9. The molecule has 2 aliphatic heterocycles. The van der Waals surface area contributed by atoms with Gasteiger partial charge in [0.05, 0.1) is 0 Å². The van der Waals surface area contributed by atoms with Crippen molar-refractivity contribution in [2.24, 2.45) is 5.92 Å². The van der Waals surface area contributed by atoms with Crippen LogP contribution in [0.4, 0.5) is 4.79 Å². The lowest BCUT2D eigenvalue weighted by Crippen LogP contribution is -2.59. The average molecular weight is 226 g/mol. The van der Waals surface area contributed by atoms with Gasteiger partial charge in [-0.25, -0.2) is 4.79 Å². The molecular formula is C12H22N2O2. The molecule has 92 valence electrons. The Hall–Kier alpha value is -0.770. The van der Waals surface area contributed by atoms with E-state index in [4.69, 9.17) is 4.74 Å². The highest BCUT2D eigenvalue weighted by molar-refractivity contribution is 5.69. The highest BCUT2D eigenvalue weighted by atomic mass is 16.6. The smallest absolute Gasteiger partial charge is 0.410 e. The fraction of sp³-hybridized carbons (Fsp3) is 0.917. The molecule has 2 heterocycles. The third kappa shape index (κ3) is 2.48. The number of likely N-dealkylation sites (tertiary alicyclic amines) is 1. The molecule has 16 heavy (non-hydrogen) atoms. The van der Waals surface area contributed by atoms with Crippen molar-refractivity contribution in [1.29, 1.82) is 0 Å². The number of nitrogens with zero attached hydrogens (tertiary/aromatic N) is 1. The first-order valence-electron chi connectivity index (χ1n) is 6.18. The van der Waals surface area contributed by atoms with Crippen LogP contribution in [0, 0.1) is 5.92 Å². The van der Waals surface area contributed by atoms with Crippen LogP contribution in [0.5, 0.6) is 0 Å². The van der Waals surface area contributed by atoms with Crippen LogP contribution in [0.3, 0.4) is 0 Å². The lowest BCUT2D eigenvalue weighted by atomic mass is 9.85. The van der Waals surface area contributed by atoms with Gasteiger partial charge in [0, 0.05) is 12.6 Å². The minimum Gasteiger partial charge on any atom is -0.444 e. The Morgan fingerprint density at radius 2 is 2.00 bits per heavy atom. The van der Waals surface area contributed by atoms with Gasteiger partial charge in [-0.1, -0.05) is 0 Å². The summed E-state index contributed by atoms with van der Waals surface area (Å²) in [5.41, 5.74) is -0.384. The second kappa shape index (κ2) is 4.24. The predicted molar refractivity (Wildman–Crippen MR) is 62.3 cm³/mol. The normalized spacial score (nSPS) is 30.1. The van der Waals surface area contributed by atoms with E-state index in [2.05, 4.69) is 5.32 Å². The van der Waals surface area contributed by atoms with Crippen LogP contribution in [0.25, 0.3) is 0 Å². The minimum absolute atomic E-state index is 0.143. The number of amides is 1. The third-order valence-corrected chi connectivity index (χ3v) is 3.31. The largest absolute Gasteiger partial charge is 0.444 e. The van der Waals surface area contributed by atoms with Crippen LogP contribution in [0.15, 0.2) is 0 Å². The van der Waals surface area contributed by atoms with Gasteiger partial charge in [-0.15, -0.1) is 0 Å². The zero-order valence-corrected chi connectivity index (χ0v) is 10.5. The zero-order chi connectivity index (χ0) is 11.8. The Morgan fingerprint density at radius 3 is 2.69 bits per heavy atom. The molecule has 2 aliphatic rings. The lowest BCUT2D eigenvalue weighted by Gasteiger charge is -2.47. The van der Waals surface area contributed by atoms with E-state index in [0.29, 0.717) is 12.0 Å². The summed E-state index contributed by atoms with van der Waals surface area (Å²) >= 11 is 0. The summed E-state index contributed by atoms with van der Waals surface area (Å²) < 4.78 is 5.40. The van der Waals surface area contributed by atoms with E-state index in [0.717, 1.165) is 26.1 Å². The number of ether oxygens (including phenoxy) is 1. The first-order chi connectivity index (χ1) is 7.47. The fourth-order valence-electron chi connectivity index (χ4n) is 2.49. The molecule has 4 nitrogen and oxygen atoms in total. The van der Waals surface area contributed by atoms with Crippen molar-refractivity contribution in [3.05, 3.63) is 0 Å². The molecule has 2 unspecified atom stereocenters. The van der Waals surface area contributed by atoms with Crippen molar-refractivity contribution in [3.8, 4) is 0 Å². The van der Waals surface area contributed by atoms with Crippen molar-refractivity contribution >= 4 is 6.09 Å². The van der Waals surface area contributed by atoms with Crippen molar-refractivity contribution < 1.29 is 9.53 Å². The van der Waals surface area contributed by atoms with Crippen molar-refractivity contribution in [2.45, 2.75) is 45.3 Å². The van der Waals surface area contributed by atoms with Crippen LogP contribution >= 0.6 is 0 Å². The van der Waals surface area contributed by atoms with Gasteiger partial charge in [-0.2, -0.15) is 0 Å². The van der Waals surface area contributed by atoms with Crippen molar-refractivity contribution in [1.82, 2.24) is 10.2 Å². The summed E-state index contributed by atoms with van der Waals surface area (Å²) in [5, 5.41) is 3.38. The van der Waals surface area contributed by atoms with E-state index in [9.17, 15) is 4.79 Å². The monoisotopic (exact) mass is 226 g/mol. The highest BCUT2D eigenvalue weighted by Gasteiger charge is 2.43. The molecule has 0 bridgehead atoms. The van der Waals surface area contributed by atoms with Gasteiger partial charge in [0.25, 0.3) is 0 Å². The molecule has 0 aromatic carbocycles. The Morgan fingerprint density at radius 1 is 1.31 bits per heavy atom. The minimum atomic E-state index is -0.384. The van der Waals surface area contributed by atoms with Crippen LogP contribution in [0.2, 0.25) is 0 Å². The molecule has 2 rings (SSSR count). The first kappa shape index (κ1) is 11.7. The topological polar surface area (TPSA) is 41.6 Å². The van der Waals surface area contributed by atoms with Crippen LogP contribution < -0.4 is 5.32 Å². The second-order valence-corrected chi connectivity index (χ2v) is 5.79. The van der Waals surface area contributed by atoms with E-state index < -0.39 is 0 Å². The van der Waals surface area contributed by atoms with E-state index in [1.165, 1.54) is 6.42 Å². The Bertz CT molecular complexity index is 273. The molecule has 0 aliphatic carbocycles. The highest BCUT2D eigenvalue weighted by Crippen LogP contribution is 2.32. The maximum Gasteiger partial charge on any atom is 0.410 e. The quantitative estimate of drug-likeness (QED) is 0.682.